The van der Waals surface area contributed by atoms with E-state index >= 15 is 0 Å². The van der Waals surface area contributed by atoms with Gasteiger partial charge in [0.15, 0.2) is 0 Å². The van der Waals surface area contributed by atoms with Crippen molar-refractivity contribution in [2.75, 3.05) is 6.54 Å². The van der Waals surface area contributed by atoms with E-state index < -0.39 is 18.1 Å². The van der Waals surface area contributed by atoms with Gasteiger partial charge in [0.1, 0.15) is 0 Å². The minimum absolute atomic E-state index is 0.139. The zero-order valence-electron chi connectivity index (χ0n) is 10.4. The molecule has 0 aromatic heterocycles. The molecule has 0 bridgehead atoms. The number of allylic oxidation sites excluding steroid dienone is 2. The highest BCUT2D eigenvalue weighted by atomic mass is 19.3. The Labute approximate surface area is 109 Å². The Morgan fingerprint density at radius 1 is 1.53 bits per heavy atom. The largest absolute Gasteiger partial charge is 0.465 e. The maximum absolute atomic E-state index is 13.5. The molecule has 1 aliphatic carbocycles. The fourth-order valence-electron chi connectivity index (χ4n) is 2.52. The maximum atomic E-state index is 13.5. The lowest BCUT2D eigenvalue weighted by Crippen LogP contribution is -2.52. The average Bonchev–Trinajstić information content (AvgIpc) is 2.37. The first-order chi connectivity index (χ1) is 8.98. The van der Waals surface area contributed by atoms with Gasteiger partial charge in [-0.25, -0.2) is 13.6 Å². The van der Waals surface area contributed by atoms with Gasteiger partial charge < -0.3 is 15.8 Å². The van der Waals surface area contributed by atoms with Gasteiger partial charge in [-0.2, -0.15) is 0 Å². The first kappa shape index (κ1) is 13.6. The number of rotatable bonds is 3. The van der Waals surface area contributed by atoms with E-state index in [1.807, 2.05) is 0 Å². The minimum Gasteiger partial charge on any atom is -0.465 e. The summed E-state index contributed by atoms with van der Waals surface area (Å²) < 4.78 is 27.1. The van der Waals surface area contributed by atoms with Gasteiger partial charge in [0.05, 0.1) is 6.04 Å². The quantitative estimate of drug-likeness (QED) is 0.735. The van der Waals surface area contributed by atoms with Crippen LogP contribution in [0.25, 0.3) is 0 Å². The number of carbonyl (C=O) groups is 1. The normalized spacial score (nSPS) is 28.8. The molecule has 2 rings (SSSR count). The molecule has 0 radical (unpaired) electrons. The fourth-order valence-corrected chi connectivity index (χ4v) is 2.52. The van der Waals surface area contributed by atoms with Gasteiger partial charge in [0.2, 0.25) is 5.92 Å². The Hall–Kier alpha value is -1.79. The summed E-state index contributed by atoms with van der Waals surface area (Å²) in [7, 11) is 0. The molecule has 1 fully saturated rings. The summed E-state index contributed by atoms with van der Waals surface area (Å²) >= 11 is 0. The number of hydrogen-bond donors (Lipinski definition) is 3. The van der Waals surface area contributed by atoms with E-state index in [2.05, 4.69) is 10.7 Å². The molecule has 2 atom stereocenters. The maximum Gasteiger partial charge on any atom is 0.404 e. The highest BCUT2D eigenvalue weighted by Gasteiger charge is 2.43. The molecule has 1 heterocycles. The van der Waals surface area contributed by atoms with Gasteiger partial charge in [0.25, 0.3) is 0 Å². The van der Waals surface area contributed by atoms with Crippen molar-refractivity contribution in [3.8, 4) is 0 Å². The van der Waals surface area contributed by atoms with E-state index in [4.69, 9.17) is 5.11 Å². The topological polar surface area (TPSA) is 64.6 Å². The van der Waals surface area contributed by atoms with E-state index in [0.717, 1.165) is 0 Å². The van der Waals surface area contributed by atoms with Crippen LogP contribution in [0.15, 0.2) is 24.6 Å². The van der Waals surface area contributed by atoms with Gasteiger partial charge in [-0.3, -0.25) is 5.01 Å². The molecule has 0 spiro atoms. The highest BCUT2D eigenvalue weighted by molar-refractivity contribution is 5.64. The van der Waals surface area contributed by atoms with Crippen LogP contribution in [0.2, 0.25) is 0 Å². The molecule has 0 saturated heterocycles. The van der Waals surface area contributed by atoms with Gasteiger partial charge in [-0.1, -0.05) is 0 Å². The number of amides is 1. The molecule has 1 saturated carbocycles. The molecule has 1 amide bonds. The SMILES string of the molecule is O=C(O)NCC1CCC(F)(F)CC1N1C=CC=CN1. The standard InChI is InChI=1S/C12H17F2N3O2/c13-12(14)4-3-9(8-15-11(18)19)10(7-12)17-6-2-1-5-16-17/h1-2,5-6,9-10,15-16H,3-4,7-8H2,(H,18,19). The van der Waals surface area contributed by atoms with Crippen LogP contribution in [-0.2, 0) is 0 Å². The third-order valence-corrected chi connectivity index (χ3v) is 3.48. The van der Waals surface area contributed by atoms with Gasteiger partial charge >= 0.3 is 6.09 Å². The molecular formula is C12H17F2N3O2. The Morgan fingerprint density at radius 3 is 2.95 bits per heavy atom. The van der Waals surface area contributed by atoms with Crippen molar-refractivity contribution in [1.29, 1.82) is 0 Å². The number of nitrogens with one attached hydrogen (secondary N) is 2. The molecule has 0 aromatic rings. The first-order valence-corrected chi connectivity index (χ1v) is 6.20. The number of hydrogen-bond acceptors (Lipinski definition) is 3. The van der Waals surface area contributed by atoms with Crippen LogP contribution in [-0.4, -0.2) is 34.7 Å². The third kappa shape index (κ3) is 3.59. The van der Waals surface area contributed by atoms with Crippen LogP contribution in [0, 0.1) is 5.92 Å². The van der Waals surface area contributed by atoms with Crippen molar-refractivity contribution in [2.45, 2.75) is 31.2 Å². The van der Waals surface area contributed by atoms with E-state index in [1.165, 1.54) is 0 Å². The second-order valence-electron chi connectivity index (χ2n) is 4.85. The summed E-state index contributed by atoms with van der Waals surface area (Å²) in [5.74, 6) is -2.83. The minimum atomic E-state index is -2.69. The zero-order chi connectivity index (χ0) is 13.9. The average molecular weight is 273 g/mol. The summed E-state index contributed by atoms with van der Waals surface area (Å²) in [5.41, 5.74) is 2.90. The van der Waals surface area contributed by atoms with Crippen LogP contribution in [0.3, 0.4) is 0 Å². The van der Waals surface area contributed by atoms with Crippen molar-refractivity contribution in [2.24, 2.45) is 5.92 Å². The molecule has 0 aromatic carbocycles. The fraction of sp³-hybridized carbons (Fsp3) is 0.583. The number of carboxylic acid groups (broad SMARTS) is 1. The second-order valence-corrected chi connectivity index (χ2v) is 4.85. The lowest BCUT2D eigenvalue weighted by Gasteiger charge is -2.42. The molecule has 2 aliphatic rings. The smallest absolute Gasteiger partial charge is 0.404 e. The van der Waals surface area contributed by atoms with Crippen molar-refractivity contribution in [3.63, 3.8) is 0 Å². The first-order valence-electron chi connectivity index (χ1n) is 6.20. The second kappa shape index (κ2) is 5.46. The summed E-state index contributed by atoms with van der Waals surface area (Å²) in [6.07, 6.45) is 5.58. The van der Waals surface area contributed by atoms with Crippen molar-refractivity contribution in [1.82, 2.24) is 15.8 Å². The molecule has 106 valence electrons. The monoisotopic (exact) mass is 273 g/mol. The third-order valence-electron chi connectivity index (χ3n) is 3.48. The van der Waals surface area contributed by atoms with E-state index in [1.54, 1.807) is 29.6 Å². The lowest BCUT2D eigenvalue weighted by atomic mass is 9.82. The van der Waals surface area contributed by atoms with Gasteiger partial charge in [-0.05, 0) is 24.5 Å². The molecule has 3 N–H and O–H groups in total. The predicted octanol–water partition coefficient (Wildman–Crippen LogP) is 1.91. The Morgan fingerprint density at radius 2 is 2.32 bits per heavy atom. The predicted molar refractivity (Wildman–Crippen MR) is 65.4 cm³/mol. The van der Waals surface area contributed by atoms with E-state index in [-0.39, 0.29) is 25.3 Å². The zero-order valence-corrected chi connectivity index (χ0v) is 10.4. The molecule has 19 heavy (non-hydrogen) atoms. The number of halogens is 2. The van der Waals surface area contributed by atoms with Crippen LogP contribution < -0.4 is 10.7 Å². The molecule has 5 nitrogen and oxygen atoms in total. The molecule has 7 heteroatoms. The lowest BCUT2D eigenvalue weighted by molar-refractivity contribution is -0.0792. The number of nitrogens with zero attached hydrogens (tertiary/aromatic N) is 1. The molecule has 2 unspecified atom stereocenters. The van der Waals surface area contributed by atoms with Crippen LogP contribution in [0.4, 0.5) is 13.6 Å². The van der Waals surface area contributed by atoms with Crippen molar-refractivity contribution in [3.05, 3.63) is 24.6 Å². The van der Waals surface area contributed by atoms with Crippen LogP contribution in [0.1, 0.15) is 19.3 Å². The Kier molecular flexibility index (Phi) is 3.92. The van der Waals surface area contributed by atoms with Gasteiger partial charge in [0, 0.05) is 31.8 Å². The van der Waals surface area contributed by atoms with E-state index in [9.17, 15) is 13.6 Å². The Bertz CT molecular complexity index is 398. The van der Waals surface area contributed by atoms with Gasteiger partial charge in [-0.15, -0.1) is 0 Å². The summed E-state index contributed by atoms with van der Waals surface area (Å²) in [6, 6.07) is -0.434. The summed E-state index contributed by atoms with van der Waals surface area (Å²) in [5, 5.41) is 12.5. The molecular weight excluding hydrogens is 256 g/mol. The van der Waals surface area contributed by atoms with Crippen molar-refractivity contribution < 1.29 is 18.7 Å². The van der Waals surface area contributed by atoms with E-state index in [0.29, 0.717) is 6.42 Å². The van der Waals surface area contributed by atoms with Crippen molar-refractivity contribution >= 4 is 6.09 Å². The summed E-state index contributed by atoms with van der Waals surface area (Å²) in [6.45, 7) is 0.186. The number of alkyl halides is 2. The summed E-state index contributed by atoms with van der Waals surface area (Å²) in [4.78, 5) is 10.5. The highest BCUT2D eigenvalue weighted by Crippen LogP contribution is 2.38. The Balaban J connectivity index is 2.04. The van der Waals surface area contributed by atoms with Crippen LogP contribution >= 0.6 is 0 Å². The number of hydrazine groups is 1. The van der Waals surface area contributed by atoms with Crippen LogP contribution in [0.5, 0.6) is 0 Å². The molecule has 1 aliphatic heterocycles.